The molecule has 1 amide bonds. The van der Waals surface area contributed by atoms with E-state index < -0.39 is 17.2 Å². The smallest absolute Gasteiger partial charge is 0.322 e. The highest BCUT2D eigenvalue weighted by Gasteiger charge is 2.16. The highest BCUT2D eigenvalue weighted by Crippen LogP contribution is 2.14. The molecule has 0 saturated carbocycles. The van der Waals surface area contributed by atoms with Crippen LogP contribution in [0.15, 0.2) is 64.3 Å². The second-order valence-corrected chi connectivity index (χ2v) is 5.83. The van der Waals surface area contributed by atoms with Crippen molar-refractivity contribution in [2.24, 2.45) is 0 Å². The number of H-pyrrole nitrogens is 1. The minimum atomic E-state index is -0.711. The Labute approximate surface area is 147 Å². The average Bonchev–Trinajstić information content (AvgIpc) is 2.58. The molecule has 0 spiro atoms. The fourth-order valence-electron chi connectivity index (χ4n) is 2.36. The number of carbonyl (C=O) groups is 1. The van der Waals surface area contributed by atoms with E-state index in [1.807, 2.05) is 19.1 Å². The van der Waals surface area contributed by atoms with Gasteiger partial charge < -0.3 is 10.3 Å². The van der Waals surface area contributed by atoms with E-state index in [2.05, 4.69) is 10.3 Å². The van der Waals surface area contributed by atoms with Crippen LogP contribution in [-0.4, -0.2) is 15.5 Å². The Morgan fingerprint density at radius 2 is 1.76 bits per heavy atom. The van der Waals surface area contributed by atoms with Crippen LogP contribution < -0.4 is 16.6 Å². The number of hydrogen-bond acceptors (Lipinski definition) is 3. The number of nitrogens with one attached hydrogen (secondary N) is 2. The van der Waals surface area contributed by atoms with E-state index in [0.717, 1.165) is 16.3 Å². The van der Waals surface area contributed by atoms with Crippen LogP contribution in [0, 0.1) is 6.92 Å². The molecule has 7 heteroatoms. The van der Waals surface area contributed by atoms with Crippen LogP contribution in [0.2, 0.25) is 5.02 Å². The van der Waals surface area contributed by atoms with Crippen molar-refractivity contribution in [3.05, 3.63) is 91.7 Å². The first-order valence-electron chi connectivity index (χ1n) is 7.45. The van der Waals surface area contributed by atoms with E-state index >= 15 is 0 Å². The van der Waals surface area contributed by atoms with Crippen LogP contribution in [-0.2, 0) is 0 Å². The number of benzene rings is 2. The minimum Gasteiger partial charge on any atom is -0.322 e. The summed E-state index contributed by atoms with van der Waals surface area (Å²) < 4.78 is 0.892. The highest BCUT2D eigenvalue weighted by molar-refractivity contribution is 6.30. The summed E-state index contributed by atoms with van der Waals surface area (Å²) in [5.74, 6) is -0.599. The number of carbonyl (C=O) groups excluding carboxylic acids is 1. The number of nitrogens with zero attached hydrogens (tertiary/aromatic N) is 1. The summed E-state index contributed by atoms with van der Waals surface area (Å²) in [7, 11) is 0. The maximum absolute atomic E-state index is 12.6. The lowest BCUT2D eigenvalue weighted by molar-refractivity contribution is 0.102. The van der Waals surface area contributed by atoms with Gasteiger partial charge in [0.1, 0.15) is 5.56 Å². The number of para-hydroxylation sites is 1. The molecule has 2 N–H and O–H groups in total. The Balaban J connectivity index is 2.04. The van der Waals surface area contributed by atoms with Crippen molar-refractivity contribution in [3.8, 4) is 5.69 Å². The SMILES string of the molecule is Cc1ccccc1NC(=O)c1c[nH]c(=O)n(-c2ccc(Cl)cc2)c1=O. The van der Waals surface area contributed by atoms with Gasteiger partial charge in [0.2, 0.25) is 0 Å². The summed E-state index contributed by atoms with van der Waals surface area (Å²) in [6.45, 7) is 1.84. The van der Waals surface area contributed by atoms with Crippen molar-refractivity contribution in [2.75, 3.05) is 5.32 Å². The van der Waals surface area contributed by atoms with Gasteiger partial charge in [-0.05, 0) is 42.8 Å². The van der Waals surface area contributed by atoms with E-state index in [4.69, 9.17) is 11.6 Å². The van der Waals surface area contributed by atoms with Gasteiger partial charge in [-0.3, -0.25) is 9.59 Å². The van der Waals surface area contributed by atoms with Crippen molar-refractivity contribution in [2.45, 2.75) is 6.92 Å². The van der Waals surface area contributed by atoms with Crippen LogP contribution in [0.3, 0.4) is 0 Å². The number of rotatable bonds is 3. The topological polar surface area (TPSA) is 84.0 Å². The molecule has 3 rings (SSSR count). The monoisotopic (exact) mass is 355 g/mol. The number of aryl methyl sites for hydroxylation is 1. The molecular formula is C18H14ClN3O3. The molecule has 0 aliphatic rings. The molecule has 2 aromatic carbocycles. The van der Waals surface area contributed by atoms with E-state index in [9.17, 15) is 14.4 Å². The highest BCUT2D eigenvalue weighted by atomic mass is 35.5. The molecule has 0 aliphatic heterocycles. The summed E-state index contributed by atoms with van der Waals surface area (Å²) in [4.78, 5) is 39.6. The molecular weight excluding hydrogens is 342 g/mol. The van der Waals surface area contributed by atoms with Gasteiger partial charge in [0, 0.05) is 16.9 Å². The van der Waals surface area contributed by atoms with Gasteiger partial charge in [0.15, 0.2) is 0 Å². The average molecular weight is 356 g/mol. The summed E-state index contributed by atoms with van der Waals surface area (Å²) in [5.41, 5.74) is 0.255. The normalized spacial score (nSPS) is 10.5. The van der Waals surface area contributed by atoms with Crippen molar-refractivity contribution in [1.82, 2.24) is 9.55 Å². The van der Waals surface area contributed by atoms with Gasteiger partial charge in [-0.15, -0.1) is 0 Å². The van der Waals surface area contributed by atoms with Crippen LogP contribution in [0.1, 0.15) is 15.9 Å². The molecule has 0 unspecified atom stereocenters. The molecule has 25 heavy (non-hydrogen) atoms. The predicted molar refractivity (Wildman–Crippen MR) is 96.8 cm³/mol. The second kappa shape index (κ2) is 6.78. The first kappa shape index (κ1) is 16.7. The van der Waals surface area contributed by atoms with Crippen molar-refractivity contribution >= 4 is 23.2 Å². The van der Waals surface area contributed by atoms with Crippen molar-refractivity contribution in [1.29, 1.82) is 0 Å². The molecule has 0 atom stereocenters. The predicted octanol–water partition coefficient (Wildman–Crippen LogP) is 2.74. The minimum absolute atomic E-state index is 0.169. The Morgan fingerprint density at radius 1 is 1.08 bits per heavy atom. The number of aromatic nitrogens is 2. The van der Waals surface area contributed by atoms with Gasteiger partial charge in [-0.1, -0.05) is 29.8 Å². The van der Waals surface area contributed by atoms with Gasteiger partial charge in [-0.25, -0.2) is 9.36 Å². The van der Waals surface area contributed by atoms with E-state index in [1.165, 1.54) is 12.1 Å². The number of anilines is 1. The summed E-state index contributed by atoms with van der Waals surface area (Å²) in [6, 6.07) is 13.4. The first-order valence-corrected chi connectivity index (χ1v) is 7.83. The van der Waals surface area contributed by atoms with Crippen LogP contribution >= 0.6 is 11.6 Å². The summed E-state index contributed by atoms with van der Waals surface area (Å²) in [6.07, 6.45) is 1.12. The lowest BCUT2D eigenvalue weighted by Gasteiger charge is -2.09. The number of aromatic amines is 1. The molecule has 3 aromatic rings. The van der Waals surface area contributed by atoms with Crippen molar-refractivity contribution < 1.29 is 4.79 Å². The fraction of sp³-hybridized carbons (Fsp3) is 0.0556. The first-order chi connectivity index (χ1) is 12.0. The van der Waals surface area contributed by atoms with Crippen molar-refractivity contribution in [3.63, 3.8) is 0 Å². The third-order valence-corrected chi connectivity index (χ3v) is 3.95. The van der Waals surface area contributed by atoms with Gasteiger partial charge in [-0.2, -0.15) is 0 Å². The Bertz CT molecular complexity index is 1050. The Hall–Kier alpha value is -3.12. The van der Waals surface area contributed by atoms with Crippen LogP contribution in [0.4, 0.5) is 5.69 Å². The standard InChI is InChI=1S/C18H14ClN3O3/c1-11-4-2-3-5-15(11)21-16(23)14-10-20-18(25)22(17(14)24)13-8-6-12(19)7-9-13/h2-10H,1H3,(H,20,25)(H,21,23). The Morgan fingerprint density at radius 3 is 2.44 bits per heavy atom. The van der Waals surface area contributed by atoms with Crippen LogP contribution in [0.5, 0.6) is 0 Å². The third kappa shape index (κ3) is 3.39. The molecule has 1 aromatic heterocycles. The zero-order valence-electron chi connectivity index (χ0n) is 13.2. The molecule has 0 aliphatic carbocycles. The molecule has 126 valence electrons. The lowest BCUT2D eigenvalue weighted by Crippen LogP contribution is -2.38. The van der Waals surface area contributed by atoms with Gasteiger partial charge >= 0.3 is 5.69 Å². The number of hydrogen-bond donors (Lipinski definition) is 2. The molecule has 0 saturated heterocycles. The fourth-order valence-corrected chi connectivity index (χ4v) is 2.49. The zero-order chi connectivity index (χ0) is 18.0. The quantitative estimate of drug-likeness (QED) is 0.757. The lowest BCUT2D eigenvalue weighted by atomic mass is 10.2. The molecule has 1 heterocycles. The maximum atomic E-state index is 12.6. The number of halogens is 1. The van der Waals surface area contributed by atoms with E-state index in [1.54, 1.807) is 24.3 Å². The zero-order valence-corrected chi connectivity index (χ0v) is 14.0. The molecule has 0 radical (unpaired) electrons. The van der Waals surface area contributed by atoms with Gasteiger partial charge in [0.25, 0.3) is 11.5 Å². The third-order valence-electron chi connectivity index (χ3n) is 3.70. The van der Waals surface area contributed by atoms with Gasteiger partial charge in [0.05, 0.1) is 5.69 Å². The van der Waals surface area contributed by atoms with E-state index in [0.29, 0.717) is 16.4 Å². The van der Waals surface area contributed by atoms with E-state index in [-0.39, 0.29) is 5.56 Å². The second-order valence-electron chi connectivity index (χ2n) is 5.39. The number of amides is 1. The largest absolute Gasteiger partial charge is 0.333 e. The molecule has 0 bridgehead atoms. The summed E-state index contributed by atoms with van der Waals surface area (Å²) in [5, 5.41) is 3.15. The summed E-state index contributed by atoms with van der Waals surface area (Å²) >= 11 is 5.83. The maximum Gasteiger partial charge on any atom is 0.333 e. The Kier molecular flexibility index (Phi) is 4.54. The molecule has 0 fully saturated rings. The molecule has 6 nitrogen and oxygen atoms in total. The van der Waals surface area contributed by atoms with Crippen LogP contribution in [0.25, 0.3) is 5.69 Å².